The molecule has 1 N–H and O–H groups in total. The number of allylic oxidation sites excluding steroid dienone is 1. The summed E-state index contributed by atoms with van der Waals surface area (Å²) in [5, 5.41) is 3.56. The summed E-state index contributed by atoms with van der Waals surface area (Å²) in [7, 11) is 0. The average Bonchev–Trinajstić information content (AvgIpc) is 2.44. The molecule has 0 aliphatic heterocycles. The molecule has 0 amide bonds. The van der Waals surface area contributed by atoms with Crippen molar-refractivity contribution in [3.8, 4) is 0 Å². The largest absolute Gasteiger partial charge is 0.314 e. The van der Waals surface area contributed by atoms with Crippen LogP contribution < -0.4 is 5.32 Å². The number of hydrogen-bond acceptors (Lipinski definition) is 1. The van der Waals surface area contributed by atoms with Gasteiger partial charge in [-0.1, -0.05) is 24.6 Å². The Morgan fingerprint density at radius 2 is 2.15 bits per heavy atom. The van der Waals surface area contributed by atoms with E-state index in [4.69, 9.17) is 0 Å². The van der Waals surface area contributed by atoms with Crippen LogP contribution in [0, 0.1) is 5.82 Å². The third-order valence-corrected chi connectivity index (χ3v) is 4.46. The van der Waals surface area contributed by atoms with Crippen molar-refractivity contribution in [1.82, 2.24) is 5.32 Å². The van der Waals surface area contributed by atoms with Gasteiger partial charge in [-0.2, -0.15) is 0 Å². The van der Waals surface area contributed by atoms with Crippen LogP contribution >= 0.6 is 15.9 Å². The van der Waals surface area contributed by atoms with Gasteiger partial charge in [0.25, 0.3) is 0 Å². The van der Waals surface area contributed by atoms with Crippen LogP contribution in [0.15, 0.2) is 34.3 Å². The second kappa shape index (κ2) is 7.94. The summed E-state index contributed by atoms with van der Waals surface area (Å²) in [6, 6.07) is 5.78. The highest BCUT2D eigenvalue weighted by molar-refractivity contribution is 9.10. The Labute approximate surface area is 129 Å². The molecule has 1 aliphatic carbocycles. The predicted molar refractivity (Wildman–Crippen MR) is 86.4 cm³/mol. The molecule has 110 valence electrons. The lowest BCUT2D eigenvalue weighted by Gasteiger charge is -2.22. The van der Waals surface area contributed by atoms with E-state index in [9.17, 15) is 4.39 Å². The zero-order valence-electron chi connectivity index (χ0n) is 12.1. The molecule has 0 fully saturated rings. The Hall–Kier alpha value is -0.670. The maximum absolute atomic E-state index is 13.3. The van der Waals surface area contributed by atoms with Crippen molar-refractivity contribution in [3.63, 3.8) is 0 Å². The quantitative estimate of drug-likeness (QED) is 0.719. The predicted octanol–water partition coefficient (Wildman–Crippen LogP) is 5.00. The maximum atomic E-state index is 13.3. The van der Waals surface area contributed by atoms with Gasteiger partial charge in [-0.05, 0) is 78.7 Å². The van der Waals surface area contributed by atoms with Crippen LogP contribution in [0.4, 0.5) is 4.39 Å². The van der Waals surface area contributed by atoms with Gasteiger partial charge in [-0.3, -0.25) is 0 Å². The Morgan fingerprint density at radius 1 is 1.30 bits per heavy atom. The topological polar surface area (TPSA) is 12.0 Å². The Balaban J connectivity index is 2.00. The second-order valence-corrected chi connectivity index (χ2v) is 6.37. The van der Waals surface area contributed by atoms with Crippen molar-refractivity contribution >= 4 is 15.9 Å². The van der Waals surface area contributed by atoms with E-state index in [-0.39, 0.29) is 5.82 Å². The molecule has 2 rings (SSSR count). The fourth-order valence-electron chi connectivity index (χ4n) is 2.86. The van der Waals surface area contributed by atoms with Crippen molar-refractivity contribution in [3.05, 3.63) is 45.7 Å². The summed E-state index contributed by atoms with van der Waals surface area (Å²) in [4.78, 5) is 0. The van der Waals surface area contributed by atoms with Crippen molar-refractivity contribution in [2.75, 3.05) is 6.54 Å². The van der Waals surface area contributed by atoms with Gasteiger partial charge in [0.1, 0.15) is 5.82 Å². The lowest BCUT2D eigenvalue weighted by Crippen LogP contribution is -2.31. The average molecular weight is 340 g/mol. The molecule has 1 aromatic carbocycles. The zero-order valence-corrected chi connectivity index (χ0v) is 13.7. The Morgan fingerprint density at radius 3 is 2.80 bits per heavy atom. The van der Waals surface area contributed by atoms with Gasteiger partial charge in [0.2, 0.25) is 0 Å². The monoisotopic (exact) mass is 339 g/mol. The van der Waals surface area contributed by atoms with Crippen molar-refractivity contribution in [1.29, 1.82) is 0 Å². The molecule has 0 spiro atoms. The van der Waals surface area contributed by atoms with Gasteiger partial charge in [0, 0.05) is 6.04 Å². The van der Waals surface area contributed by atoms with E-state index in [0.717, 1.165) is 19.4 Å². The molecular weight excluding hydrogens is 317 g/mol. The van der Waals surface area contributed by atoms with E-state index >= 15 is 0 Å². The van der Waals surface area contributed by atoms with E-state index in [1.165, 1.54) is 31.2 Å². The fourth-order valence-corrected chi connectivity index (χ4v) is 3.29. The molecule has 0 heterocycles. The number of nitrogens with one attached hydrogen (secondary N) is 1. The second-order valence-electron chi connectivity index (χ2n) is 5.52. The van der Waals surface area contributed by atoms with Crippen LogP contribution in [0.1, 0.15) is 44.6 Å². The van der Waals surface area contributed by atoms with E-state index in [1.807, 2.05) is 12.1 Å². The third-order valence-electron chi connectivity index (χ3n) is 3.85. The van der Waals surface area contributed by atoms with Gasteiger partial charge >= 0.3 is 0 Å². The summed E-state index contributed by atoms with van der Waals surface area (Å²) >= 11 is 3.27. The zero-order chi connectivity index (χ0) is 14.4. The maximum Gasteiger partial charge on any atom is 0.137 e. The molecule has 0 saturated carbocycles. The number of rotatable bonds is 6. The lowest BCUT2D eigenvalue weighted by molar-refractivity contribution is 0.503. The number of hydrogen-bond donors (Lipinski definition) is 1. The highest BCUT2D eigenvalue weighted by Gasteiger charge is 2.13. The van der Waals surface area contributed by atoms with Gasteiger partial charge in [0.05, 0.1) is 4.47 Å². The molecule has 1 atom stereocenters. The Kier molecular flexibility index (Phi) is 6.24. The number of likely N-dealkylation sites (N-methyl/N-ethyl adjacent to an activating group) is 1. The van der Waals surface area contributed by atoms with Crippen LogP contribution in [0.3, 0.4) is 0 Å². The van der Waals surface area contributed by atoms with Gasteiger partial charge in [-0.15, -0.1) is 0 Å². The molecule has 0 radical (unpaired) electrons. The summed E-state index contributed by atoms with van der Waals surface area (Å²) in [5.41, 5.74) is 2.77. The highest BCUT2D eigenvalue weighted by atomic mass is 79.9. The smallest absolute Gasteiger partial charge is 0.137 e. The first kappa shape index (κ1) is 15.7. The minimum atomic E-state index is -0.191. The summed E-state index contributed by atoms with van der Waals surface area (Å²) in [5.74, 6) is -0.191. The molecule has 0 bridgehead atoms. The van der Waals surface area contributed by atoms with E-state index in [2.05, 4.69) is 34.2 Å². The standard InChI is InChI=1S/C17H23BrFN/c1-2-20-15(10-13-6-4-3-5-7-13)11-14-8-9-17(19)16(18)12-14/h6,8-9,12,15,20H,2-5,7,10-11H2,1H3. The van der Waals surface area contributed by atoms with Crippen LogP contribution in [0.25, 0.3) is 0 Å². The van der Waals surface area contributed by atoms with Crippen LogP contribution in [-0.2, 0) is 6.42 Å². The van der Waals surface area contributed by atoms with Gasteiger partial charge in [0.15, 0.2) is 0 Å². The van der Waals surface area contributed by atoms with Crippen LogP contribution in [-0.4, -0.2) is 12.6 Å². The highest BCUT2D eigenvalue weighted by Crippen LogP contribution is 2.23. The molecule has 1 aliphatic rings. The van der Waals surface area contributed by atoms with Crippen molar-refractivity contribution in [2.45, 2.75) is 51.5 Å². The summed E-state index contributed by atoms with van der Waals surface area (Å²) in [6.07, 6.45) is 9.61. The first-order valence-electron chi connectivity index (χ1n) is 7.54. The number of halogens is 2. The molecular formula is C17H23BrFN. The first-order valence-corrected chi connectivity index (χ1v) is 8.33. The molecule has 1 unspecified atom stereocenters. The number of benzene rings is 1. The summed E-state index contributed by atoms with van der Waals surface area (Å²) in [6.45, 7) is 3.11. The van der Waals surface area contributed by atoms with Gasteiger partial charge < -0.3 is 5.32 Å². The summed E-state index contributed by atoms with van der Waals surface area (Å²) < 4.78 is 13.8. The van der Waals surface area contributed by atoms with Crippen LogP contribution in [0.5, 0.6) is 0 Å². The molecule has 0 aromatic heterocycles. The Bertz CT molecular complexity index is 470. The van der Waals surface area contributed by atoms with E-state index < -0.39 is 0 Å². The minimum Gasteiger partial charge on any atom is -0.314 e. The molecule has 20 heavy (non-hydrogen) atoms. The SMILES string of the molecule is CCNC(CC1=CCCCC1)Cc1ccc(F)c(Br)c1. The molecule has 3 heteroatoms. The van der Waals surface area contributed by atoms with Crippen molar-refractivity contribution < 1.29 is 4.39 Å². The minimum absolute atomic E-state index is 0.191. The van der Waals surface area contributed by atoms with Crippen molar-refractivity contribution in [2.24, 2.45) is 0 Å². The normalized spacial score (nSPS) is 16.9. The molecule has 1 nitrogen and oxygen atoms in total. The van der Waals surface area contributed by atoms with E-state index in [1.54, 1.807) is 11.6 Å². The fraction of sp³-hybridized carbons (Fsp3) is 0.529. The van der Waals surface area contributed by atoms with E-state index in [0.29, 0.717) is 10.5 Å². The molecule has 1 aromatic rings. The third kappa shape index (κ3) is 4.71. The van der Waals surface area contributed by atoms with Gasteiger partial charge in [-0.25, -0.2) is 4.39 Å². The van der Waals surface area contributed by atoms with Crippen LogP contribution in [0.2, 0.25) is 0 Å². The lowest BCUT2D eigenvalue weighted by atomic mass is 9.92. The first-order chi connectivity index (χ1) is 9.69. The molecule has 0 saturated heterocycles.